The number of aromatic nitrogens is 1. The Balaban J connectivity index is 1.99. The van der Waals surface area contributed by atoms with Crippen molar-refractivity contribution >= 4 is 17.7 Å². The molecule has 1 fully saturated rings. The fraction of sp³-hybridized carbons (Fsp3) is 0.600. The lowest BCUT2D eigenvalue weighted by Gasteiger charge is -2.42. The molecule has 1 N–H and O–H groups in total. The number of hydrogen-bond acceptors (Lipinski definition) is 3. The standard InChI is InChI=1S/C15H21ClN2O2/c1-14(2,3)20-13(19)18-15(7-4-8-15)9-11-5-6-12(16)17-10-11/h5-6,10H,4,7-9H2,1-3H3,(H,18,19). The largest absolute Gasteiger partial charge is 0.444 e. The highest BCUT2D eigenvalue weighted by molar-refractivity contribution is 6.29. The van der Waals surface area contributed by atoms with Gasteiger partial charge < -0.3 is 10.1 Å². The molecule has 0 aliphatic heterocycles. The lowest BCUT2D eigenvalue weighted by Crippen LogP contribution is -2.56. The SMILES string of the molecule is CC(C)(C)OC(=O)NC1(Cc2ccc(Cl)nc2)CCC1. The van der Waals surface area contributed by atoms with Crippen molar-refractivity contribution in [1.82, 2.24) is 10.3 Å². The summed E-state index contributed by atoms with van der Waals surface area (Å²) in [5.74, 6) is 0. The van der Waals surface area contributed by atoms with Crippen molar-refractivity contribution in [3.8, 4) is 0 Å². The van der Waals surface area contributed by atoms with E-state index in [1.165, 1.54) is 0 Å². The summed E-state index contributed by atoms with van der Waals surface area (Å²) in [4.78, 5) is 16.0. The summed E-state index contributed by atoms with van der Waals surface area (Å²) in [6, 6.07) is 3.73. The van der Waals surface area contributed by atoms with Gasteiger partial charge in [0, 0.05) is 11.7 Å². The molecule has 0 atom stereocenters. The highest BCUT2D eigenvalue weighted by atomic mass is 35.5. The van der Waals surface area contributed by atoms with Crippen molar-refractivity contribution in [2.75, 3.05) is 0 Å². The molecule has 0 aromatic carbocycles. The first kappa shape index (κ1) is 15.1. The van der Waals surface area contributed by atoms with Crippen LogP contribution in [0.3, 0.4) is 0 Å². The molecule has 1 amide bonds. The van der Waals surface area contributed by atoms with Gasteiger partial charge in [-0.15, -0.1) is 0 Å². The fourth-order valence-corrected chi connectivity index (χ4v) is 2.48. The van der Waals surface area contributed by atoms with Crippen LogP contribution in [0.1, 0.15) is 45.6 Å². The van der Waals surface area contributed by atoms with Crippen molar-refractivity contribution < 1.29 is 9.53 Å². The van der Waals surface area contributed by atoms with Gasteiger partial charge in [0.05, 0.1) is 0 Å². The Morgan fingerprint density at radius 3 is 2.60 bits per heavy atom. The molecule has 1 aliphatic rings. The Bertz CT molecular complexity index is 476. The summed E-state index contributed by atoms with van der Waals surface area (Å²) >= 11 is 5.79. The Hall–Kier alpha value is -1.29. The number of amides is 1. The summed E-state index contributed by atoms with van der Waals surface area (Å²) in [5.41, 5.74) is 0.402. The van der Waals surface area contributed by atoms with Gasteiger partial charge in [0.2, 0.25) is 0 Å². The van der Waals surface area contributed by atoms with Crippen LogP contribution in [0.4, 0.5) is 4.79 Å². The van der Waals surface area contributed by atoms with Crippen molar-refractivity contribution in [1.29, 1.82) is 0 Å². The third-order valence-corrected chi connectivity index (χ3v) is 3.63. The number of halogens is 1. The molecule has 0 spiro atoms. The second-order valence-corrected chi connectivity index (χ2v) is 6.81. The Labute approximate surface area is 124 Å². The van der Waals surface area contributed by atoms with E-state index < -0.39 is 5.60 Å². The zero-order valence-corrected chi connectivity index (χ0v) is 13.0. The Morgan fingerprint density at radius 1 is 1.45 bits per heavy atom. The number of hydrogen-bond donors (Lipinski definition) is 1. The number of carbonyl (C=O) groups excluding carboxylic acids is 1. The van der Waals surface area contributed by atoms with Crippen LogP contribution < -0.4 is 5.32 Å². The predicted octanol–water partition coefficient (Wildman–Crippen LogP) is 3.72. The molecule has 1 aromatic heterocycles. The van der Waals surface area contributed by atoms with E-state index in [4.69, 9.17) is 16.3 Å². The first-order chi connectivity index (χ1) is 9.28. The molecule has 0 saturated heterocycles. The second kappa shape index (κ2) is 5.60. The van der Waals surface area contributed by atoms with Gasteiger partial charge in [0.1, 0.15) is 10.8 Å². The van der Waals surface area contributed by atoms with Crippen LogP contribution in [0.15, 0.2) is 18.3 Å². The zero-order valence-electron chi connectivity index (χ0n) is 12.2. The number of nitrogens with zero attached hydrogens (tertiary/aromatic N) is 1. The highest BCUT2D eigenvalue weighted by Crippen LogP contribution is 2.35. The molecule has 0 unspecified atom stereocenters. The quantitative estimate of drug-likeness (QED) is 0.865. The average Bonchev–Trinajstić information content (AvgIpc) is 2.26. The molecule has 1 heterocycles. The number of pyridine rings is 1. The molecule has 110 valence electrons. The van der Waals surface area contributed by atoms with E-state index in [0.29, 0.717) is 5.15 Å². The van der Waals surface area contributed by atoms with Crippen molar-refractivity contribution in [3.63, 3.8) is 0 Å². The fourth-order valence-electron chi connectivity index (χ4n) is 2.37. The van der Waals surface area contributed by atoms with Crippen LogP contribution in [0, 0.1) is 0 Å². The topological polar surface area (TPSA) is 51.2 Å². The normalized spacial score (nSPS) is 17.2. The average molecular weight is 297 g/mol. The third kappa shape index (κ3) is 4.10. The minimum atomic E-state index is -0.475. The van der Waals surface area contributed by atoms with Crippen LogP contribution in [0.2, 0.25) is 5.15 Å². The third-order valence-electron chi connectivity index (χ3n) is 3.41. The van der Waals surface area contributed by atoms with Gasteiger partial charge >= 0.3 is 6.09 Å². The number of ether oxygens (including phenoxy) is 1. The van der Waals surface area contributed by atoms with Crippen LogP contribution in [-0.4, -0.2) is 22.2 Å². The van der Waals surface area contributed by atoms with Gasteiger partial charge in [-0.25, -0.2) is 9.78 Å². The molecule has 0 radical (unpaired) electrons. The minimum absolute atomic E-state index is 0.197. The molecule has 20 heavy (non-hydrogen) atoms. The van der Waals surface area contributed by atoms with E-state index in [2.05, 4.69) is 10.3 Å². The summed E-state index contributed by atoms with van der Waals surface area (Å²) in [6.07, 6.45) is 5.23. The van der Waals surface area contributed by atoms with Gasteiger partial charge in [0.15, 0.2) is 0 Å². The Morgan fingerprint density at radius 2 is 2.15 bits per heavy atom. The van der Waals surface area contributed by atoms with Gasteiger partial charge in [0.25, 0.3) is 0 Å². The van der Waals surface area contributed by atoms with E-state index in [1.807, 2.05) is 26.8 Å². The lowest BCUT2D eigenvalue weighted by molar-refractivity contribution is 0.0383. The highest BCUT2D eigenvalue weighted by Gasteiger charge is 2.39. The second-order valence-electron chi connectivity index (χ2n) is 6.43. The molecular weight excluding hydrogens is 276 g/mol. The molecule has 5 heteroatoms. The summed E-state index contributed by atoms with van der Waals surface area (Å²) in [7, 11) is 0. The maximum Gasteiger partial charge on any atom is 0.408 e. The van der Waals surface area contributed by atoms with E-state index in [9.17, 15) is 4.79 Å². The maximum absolute atomic E-state index is 11.9. The summed E-state index contributed by atoms with van der Waals surface area (Å²) < 4.78 is 5.34. The van der Waals surface area contributed by atoms with E-state index >= 15 is 0 Å². The van der Waals surface area contributed by atoms with Crippen LogP contribution in [0.25, 0.3) is 0 Å². The molecule has 1 aliphatic carbocycles. The first-order valence-electron chi connectivity index (χ1n) is 6.90. The van der Waals surface area contributed by atoms with E-state index in [0.717, 1.165) is 31.2 Å². The summed E-state index contributed by atoms with van der Waals surface area (Å²) in [5, 5.41) is 3.51. The van der Waals surface area contributed by atoms with Gasteiger partial charge in [-0.05, 0) is 58.1 Å². The molecule has 4 nitrogen and oxygen atoms in total. The molecule has 0 bridgehead atoms. The van der Waals surface area contributed by atoms with Crippen LogP contribution >= 0.6 is 11.6 Å². The van der Waals surface area contributed by atoms with Crippen LogP contribution in [0.5, 0.6) is 0 Å². The minimum Gasteiger partial charge on any atom is -0.444 e. The smallest absolute Gasteiger partial charge is 0.408 e. The predicted molar refractivity (Wildman–Crippen MR) is 78.9 cm³/mol. The number of rotatable bonds is 3. The molecule has 1 aromatic rings. The molecule has 1 saturated carbocycles. The van der Waals surface area contributed by atoms with Gasteiger partial charge in [-0.1, -0.05) is 17.7 Å². The number of nitrogens with one attached hydrogen (secondary N) is 1. The van der Waals surface area contributed by atoms with Gasteiger partial charge in [-0.3, -0.25) is 0 Å². The van der Waals surface area contributed by atoms with Crippen molar-refractivity contribution in [3.05, 3.63) is 29.0 Å². The Kier molecular flexibility index (Phi) is 4.23. The lowest BCUT2D eigenvalue weighted by atomic mass is 9.73. The molecular formula is C15H21ClN2O2. The van der Waals surface area contributed by atoms with Gasteiger partial charge in [-0.2, -0.15) is 0 Å². The monoisotopic (exact) mass is 296 g/mol. The van der Waals surface area contributed by atoms with E-state index in [-0.39, 0.29) is 11.6 Å². The first-order valence-corrected chi connectivity index (χ1v) is 7.27. The number of alkyl carbamates (subject to hydrolysis) is 1. The molecule has 2 rings (SSSR count). The van der Waals surface area contributed by atoms with E-state index in [1.54, 1.807) is 12.3 Å². The maximum atomic E-state index is 11.9. The van der Waals surface area contributed by atoms with Crippen molar-refractivity contribution in [2.45, 2.75) is 57.6 Å². The van der Waals surface area contributed by atoms with Crippen LogP contribution in [-0.2, 0) is 11.2 Å². The zero-order chi connectivity index (χ0) is 14.8. The summed E-state index contributed by atoms with van der Waals surface area (Å²) in [6.45, 7) is 5.59. The number of carbonyl (C=O) groups is 1. The van der Waals surface area contributed by atoms with Crippen molar-refractivity contribution in [2.24, 2.45) is 0 Å².